The van der Waals surface area contributed by atoms with E-state index in [4.69, 9.17) is 0 Å². The Morgan fingerprint density at radius 2 is 2.08 bits per heavy atom. The molecule has 2 heterocycles. The highest BCUT2D eigenvalue weighted by atomic mass is 16.1. The van der Waals surface area contributed by atoms with Crippen molar-refractivity contribution in [2.45, 2.75) is 44.6 Å². The third kappa shape index (κ3) is 3.76. The lowest BCUT2D eigenvalue weighted by Gasteiger charge is -2.31. The topological polar surface area (TPSA) is 61.0 Å². The number of aromatic nitrogens is 2. The lowest BCUT2D eigenvalue weighted by Crippen LogP contribution is -2.41. The number of aromatic amines is 1. The number of benzene rings is 1. The molecule has 0 unspecified atom stereocenters. The molecule has 0 spiro atoms. The normalized spacial score (nSPS) is 21.9. The fourth-order valence-corrected chi connectivity index (χ4v) is 3.46. The van der Waals surface area contributed by atoms with E-state index in [1.54, 1.807) is 6.20 Å². The molecule has 0 radical (unpaired) electrons. The van der Waals surface area contributed by atoms with E-state index >= 15 is 0 Å². The van der Waals surface area contributed by atoms with Gasteiger partial charge in [0.25, 0.3) is 5.56 Å². The molecule has 2 aromatic rings. The summed E-state index contributed by atoms with van der Waals surface area (Å²) in [7, 11) is 0. The van der Waals surface area contributed by atoms with Crippen LogP contribution in [0.4, 0.5) is 5.82 Å². The molecule has 2 N–H and O–H groups in total. The van der Waals surface area contributed by atoms with Crippen molar-refractivity contribution in [3.05, 3.63) is 57.6 Å². The zero-order valence-corrected chi connectivity index (χ0v) is 14.8. The van der Waals surface area contributed by atoms with Gasteiger partial charge in [-0.15, -0.1) is 0 Å². The first-order valence-corrected chi connectivity index (χ1v) is 9.34. The molecule has 1 aliphatic heterocycles. The van der Waals surface area contributed by atoms with Crippen LogP contribution >= 0.6 is 0 Å². The Hall–Kier alpha value is -2.14. The maximum atomic E-state index is 11.9. The minimum absolute atomic E-state index is 0.0690. The molecule has 1 aliphatic carbocycles. The van der Waals surface area contributed by atoms with E-state index < -0.39 is 0 Å². The van der Waals surface area contributed by atoms with Crippen LogP contribution in [0.2, 0.25) is 0 Å². The van der Waals surface area contributed by atoms with Gasteiger partial charge in [0.05, 0.1) is 5.69 Å². The highest BCUT2D eigenvalue weighted by molar-refractivity contribution is 5.39. The van der Waals surface area contributed by atoms with Crippen LogP contribution in [0.15, 0.2) is 35.3 Å². The second-order valence-electron chi connectivity index (χ2n) is 7.30. The molecule has 1 saturated carbocycles. The predicted molar refractivity (Wildman–Crippen MR) is 100 cm³/mol. The van der Waals surface area contributed by atoms with Gasteiger partial charge in [-0.3, -0.25) is 4.79 Å². The van der Waals surface area contributed by atoms with Gasteiger partial charge in [0, 0.05) is 31.2 Å². The predicted octanol–water partition coefficient (Wildman–Crippen LogP) is 2.37. The minimum atomic E-state index is -0.0690. The van der Waals surface area contributed by atoms with Crippen LogP contribution < -0.4 is 15.8 Å². The van der Waals surface area contributed by atoms with Crippen LogP contribution in [0, 0.1) is 6.92 Å². The number of nitrogens with one attached hydrogen (secondary N) is 2. The fourth-order valence-electron chi connectivity index (χ4n) is 3.46. The molecule has 0 bridgehead atoms. The molecule has 25 heavy (non-hydrogen) atoms. The molecule has 2 atom stereocenters. The van der Waals surface area contributed by atoms with E-state index in [-0.39, 0.29) is 5.56 Å². The van der Waals surface area contributed by atoms with Crippen molar-refractivity contribution in [2.24, 2.45) is 0 Å². The first-order chi connectivity index (χ1) is 12.2. The maximum Gasteiger partial charge on any atom is 0.290 e. The molecule has 2 aliphatic rings. The number of rotatable bonds is 7. The highest BCUT2D eigenvalue weighted by Gasteiger charge is 2.37. The quantitative estimate of drug-likeness (QED) is 0.761. The third-order valence-electron chi connectivity index (χ3n) is 5.29. The smallest absolute Gasteiger partial charge is 0.290 e. The zero-order valence-electron chi connectivity index (χ0n) is 14.8. The monoisotopic (exact) mass is 338 g/mol. The molecule has 1 saturated heterocycles. The number of nitrogens with zero attached hydrogens (tertiary/aromatic N) is 2. The fraction of sp³-hybridized carbons (Fsp3) is 0.500. The Bertz CT molecular complexity index is 779. The van der Waals surface area contributed by atoms with Crippen molar-refractivity contribution >= 4 is 5.82 Å². The molecular weight excluding hydrogens is 312 g/mol. The molecule has 1 aromatic carbocycles. The van der Waals surface area contributed by atoms with E-state index in [0.29, 0.717) is 17.8 Å². The van der Waals surface area contributed by atoms with Crippen LogP contribution in [0.3, 0.4) is 0 Å². The number of aryl methyl sites for hydroxylation is 2. The van der Waals surface area contributed by atoms with Gasteiger partial charge in [-0.2, -0.15) is 0 Å². The van der Waals surface area contributed by atoms with Crippen LogP contribution in [0.1, 0.15) is 42.0 Å². The second kappa shape index (κ2) is 7.00. The molecule has 5 heteroatoms. The van der Waals surface area contributed by atoms with Crippen LogP contribution in [0.5, 0.6) is 0 Å². The highest BCUT2D eigenvalue weighted by Crippen LogP contribution is 2.40. The summed E-state index contributed by atoms with van der Waals surface area (Å²) in [6, 6.07) is 9.51. The van der Waals surface area contributed by atoms with Crippen molar-refractivity contribution < 1.29 is 0 Å². The largest absolute Gasteiger partial charge is 0.352 e. The molecular formula is C20H26N4O. The van der Waals surface area contributed by atoms with Gasteiger partial charge in [-0.25, -0.2) is 4.98 Å². The summed E-state index contributed by atoms with van der Waals surface area (Å²) in [6.45, 7) is 5.02. The van der Waals surface area contributed by atoms with Crippen LogP contribution in [-0.4, -0.2) is 35.6 Å². The van der Waals surface area contributed by atoms with Gasteiger partial charge in [-0.1, -0.05) is 29.8 Å². The summed E-state index contributed by atoms with van der Waals surface area (Å²) < 4.78 is 0. The maximum absolute atomic E-state index is 11.9. The zero-order chi connectivity index (χ0) is 17.2. The number of hydrogen-bond donors (Lipinski definition) is 2. The van der Waals surface area contributed by atoms with E-state index in [1.807, 2.05) is 0 Å². The number of H-pyrrole nitrogens is 1. The molecule has 2 fully saturated rings. The van der Waals surface area contributed by atoms with Crippen LogP contribution in [-0.2, 0) is 6.42 Å². The van der Waals surface area contributed by atoms with Gasteiger partial charge in [0.15, 0.2) is 5.82 Å². The first kappa shape index (κ1) is 16.3. The van der Waals surface area contributed by atoms with Crippen molar-refractivity contribution in [2.75, 3.05) is 24.5 Å². The van der Waals surface area contributed by atoms with E-state index in [1.165, 1.54) is 17.5 Å². The first-order valence-electron chi connectivity index (χ1n) is 9.34. The average molecular weight is 338 g/mol. The second-order valence-corrected chi connectivity index (χ2v) is 7.30. The van der Waals surface area contributed by atoms with Gasteiger partial charge in [0.1, 0.15) is 0 Å². The van der Waals surface area contributed by atoms with E-state index in [9.17, 15) is 4.79 Å². The standard InChI is InChI=1S/C20H26N4O/c1-14-5-7-15(8-6-14)17-12-18(17)21-9-2-4-16-13-22-20(25)19(23-16)24-10-3-11-24/h5-8,13,17-18,21H,2-4,9-12H2,1H3,(H,22,25)/t17-,18+/m0/s1. The summed E-state index contributed by atoms with van der Waals surface area (Å²) in [5.41, 5.74) is 3.68. The van der Waals surface area contributed by atoms with Crippen LogP contribution in [0.25, 0.3) is 0 Å². The van der Waals surface area contributed by atoms with Crippen molar-refractivity contribution in [3.63, 3.8) is 0 Å². The summed E-state index contributed by atoms with van der Waals surface area (Å²) >= 11 is 0. The number of hydrogen-bond acceptors (Lipinski definition) is 4. The molecule has 1 aromatic heterocycles. The summed E-state index contributed by atoms with van der Waals surface area (Å²) in [6.07, 6.45) is 6.08. The van der Waals surface area contributed by atoms with E-state index in [0.717, 1.165) is 44.6 Å². The Morgan fingerprint density at radius 1 is 1.28 bits per heavy atom. The molecule has 0 amide bonds. The Kier molecular flexibility index (Phi) is 4.57. The number of anilines is 1. The lowest BCUT2D eigenvalue weighted by atomic mass is 10.1. The van der Waals surface area contributed by atoms with E-state index in [2.05, 4.69) is 51.4 Å². The minimum Gasteiger partial charge on any atom is -0.352 e. The van der Waals surface area contributed by atoms with Crippen molar-refractivity contribution in [1.29, 1.82) is 0 Å². The van der Waals surface area contributed by atoms with Gasteiger partial charge < -0.3 is 15.2 Å². The van der Waals surface area contributed by atoms with Gasteiger partial charge in [-0.05, 0) is 44.7 Å². The Morgan fingerprint density at radius 3 is 2.80 bits per heavy atom. The SMILES string of the molecule is Cc1ccc([C@@H]2C[C@H]2NCCCc2c[nH]c(=O)c(N3CCC3)n2)cc1. The van der Waals surface area contributed by atoms with Crippen molar-refractivity contribution in [3.8, 4) is 0 Å². The Balaban J connectivity index is 1.23. The molecule has 132 valence electrons. The van der Waals surface area contributed by atoms with Gasteiger partial charge >= 0.3 is 0 Å². The summed E-state index contributed by atoms with van der Waals surface area (Å²) in [5, 5.41) is 3.65. The summed E-state index contributed by atoms with van der Waals surface area (Å²) in [5.74, 6) is 1.27. The average Bonchev–Trinajstić information content (AvgIpc) is 3.33. The molecule has 5 nitrogen and oxygen atoms in total. The van der Waals surface area contributed by atoms with Crippen molar-refractivity contribution in [1.82, 2.24) is 15.3 Å². The third-order valence-corrected chi connectivity index (χ3v) is 5.29. The lowest BCUT2D eigenvalue weighted by molar-refractivity contribution is 0.599. The summed E-state index contributed by atoms with van der Waals surface area (Å²) in [4.78, 5) is 21.3. The molecule has 4 rings (SSSR count). The van der Waals surface area contributed by atoms with Gasteiger partial charge in [0.2, 0.25) is 0 Å². The Labute approximate surface area is 148 Å².